The second-order valence-corrected chi connectivity index (χ2v) is 4.66. The Hall–Kier alpha value is -3.15. The van der Waals surface area contributed by atoms with Crippen LogP contribution in [0.3, 0.4) is 0 Å². The lowest BCUT2D eigenvalue weighted by Crippen LogP contribution is -2.10. The lowest BCUT2D eigenvalue weighted by atomic mass is 10.1. The lowest BCUT2D eigenvalue weighted by molar-refractivity contribution is 0.528. The summed E-state index contributed by atoms with van der Waals surface area (Å²) in [6.07, 6.45) is 1.52. The van der Waals surface area contributed by atoms with Gasteiger partial charge in [0.05, 0.1) is 11.9 Å². The van der Waals surface area contributed by atoms with Gasteiger partial charge in [0.25, 0.3) is 5.56 Å². The fraction of sp³-hybridized carbons (Fsp3) is 0.0625. The van der Waals surface area contributed by atoms with E-state index in [1.807, 2.05) is 43.3 Å². The summed E-state index contributed by atoms with van der Waals surface area (Å²) < 4.78 is 5.36. The summed E-state index contributed by atoms with van der Waals surface area (Å²) in [6, 6.07) is 14.6. The minimum Gasteiger partial charge on any atom is -0.460 e. The number of anilines is 1. The van der Waals surface area contributed by atoms with Crippen molar-refractivity contribution in [2.45, 2.75) is 6.92 Å². The normalized spacial score (nSPS) is 11.0. The number of H-pyrrole nitrogens is 1. The van der Waals surface area contributed by atoms with Crippen molar-refractivity contribution < 1.29 is 4.42 Å². The highest BCUT2D eigenvalue weighted by atomic mass is 16.3. The molecule has 110 valence electrons. The molecule has 0 spiro atoms. The maximum atomic E-state index is 11.7. The summed E-state index contributed by atoms with van der Waals surface area (Å²) in [5.41, 5.74) is 3.89. The van der Waals surface area contributed by atoms with Gasteiger partial charge >= 0.3 is 0 Å². The Morgan fingerprint density at radius 1 is 1.23 bits per heavy atom. The van der Waals surface area contributed by atoms with Crippen LogP contribution in [0, 0.1) is 6.92 Å². The second kappa shape index (κ2) is 6.09. The zero-order valence-corrected chi connectivity index (χ0v) is 11.9. The molecule has 3 aromatic rings. The summed E-state index contributed by atoms with van der Waals surface area (Å²) in [4.78, 5) is 18.6. The summed E-state index contributed by atoms with van der Waals surface area (Å²) in [6.45, 7) is 1.85. The molecular weight excluding hydrogens is 280 g/mol. The van der Waals surface area contributed by atoms with E-state index >= 15 is 0 Å². The Morgan fingerprint density at radius 2 is 2.05 bits per heavy atom. The van der Waals surface area contributed by atoms with Crippen LogP contribution in [0.25, 0.3) is 11.3 Å². The van der Waals surface area contributed by atoms with Crippen molar-refractivity contribution in [1.29, 1.82) is 0 Å². The first kappa shape index (κ1) is 13.8. The molecule has 6 heteroatoms. The molecule has 0 aliphatic heterocycles. The van der Waals surface area contributed by atoms with Crippen molar-refractivity contribution in [2.24, 2.45) is 5.10 Å². The number of aromatic amines is 1. The highest BCUT2D eigenvalue weighted by Crippen LogP contribution is 2.15. The number of hydrazone groups is 1. The molecule has 0 amide bonds. The van der Waals surface area contributed by atoms with Crippen LogP contribution >= 0.6 is 0 Å². The Morgan fingerprint density at radius 3 is 2.77 bits per heavy atom. The first-order valence-corrected chi connectivity index (χ1v) is 6.73. The predicted octanol–water partition coefficient (Wildman–Crippen LogP) is 2.78. The largest absolute Gasteiger partial charge is 0.460 e. The third-order valence-electron chi connectivity index (χ3n) is 2.93. The van der Waals surface area contributed by atoms with Crippen molar-refractivity contribution in [3.05, 3.63) is 70.4 Å². The van der Waals surface area contributed by atoms with Crippen LogP contribution in [0.1, 0.15) is 11.5 Å². The van der Waals surface area contributed by atoms with E-state index in [2.05, 4.69) is 20.5 Å². The molecule has 2 N–H and O–H groups in total. The molecular formula is C16H14N4O2. The van der Waals surface area contributed by atoms with Gasteiger partial charge in [-0.2, -0.15) is 5.10 Å². The van der Waals surface area contributed by atoms with Crippen LogP contribution in [0.15, 0.2) is 62.8 Å². The Kier molecular flexibility index (Phi) is 3.82. The van der Waals surface area contributed by atoms with Gasteiger partial charge in [0.2, 0.25) is 5.95 Å². The molecule has 2 aromatic heterocycles. The van der Waals surface area contributed by atoms with Crippen LogP contribution in [0.4, 0.5) is 5.95 Å². The smallest absolute Gasteiger partial charge is 0.252 e. The van der Waals surface area contributed by atoms with Crippen LogP contribution in [0.5, 0.6) is 0 Å². The van der Waals surface area contributed by atoms with E-state index < -0.39 is 0 Å². The fourth-order valence-corrected chi connectivity index (χ4v) is 1.95. The molecule has 0 saturated heterocycles. The van der Waals surface area contributed by atoms with Gasteiger partial charge in [0, 0.05) is 11.6 Å². The molecule has 3 rings (SSSR count). The van der Waals surface area contributed by atoms with E-state index in [1.165, 1.54) is 12.3 Å². The Bertz CT molecular complexity index is 850. The molecule has 0 atom stereocenters. The number of aromatic nitrogens is 2. The van der Waals surface area contributed by atoms with Crippen LogP contribution in [0.2, 0.25) is 0 Å². The summed E-state index contributed by atoms with van der Waals surface area (Å²) >= 11 is 0. The third-order valence-corrected chi connectivity index (χ3v) is 2.93. The van der Waals surface area contributed by atoms with Gasteiger partial charge in [-0.1, -0.05) is 30.3 Å². The van der Waals surface area contributed by atoms with E-state index in [4.69, 9.17) is 4.42 Å². The molecule has 22 heavy (non-hydrogen) atoms. The topological polar surface area (TPSA) is 83.3 Å². The SMILES string of the molecule is Cc1ccc(/C=N\Nc2nc(-c3ccccc3)cc(=O)[nH]2)o1. The average molecular weight is 294 g/mol. The number of nitrogens with one attached hydrogen (secondary N) is 2. The summed E-state index contributed by atoms with van der Waals surface area (Å²) in [5, 5.41) is 4.00. The van der Waals surface area contributed by atoms with Crippen molar-refractivity contribution in [2.75, 3.05) is 5.43 Å². The minimum absolute atomic E-state index is 0.250. The summed E-state index contributed by atoms with van der Waals surface area (Å²) in [7, 11) is 0. The standard InChI is InChI=1S/C16H14N4O2/c1-11-7-8-13(22-11)10-17-20-16-18-14(9-15(21)19-16)12-5-3-2-4-6-12/h2-10H,1H3,(H2,18,19,20,21)/b17-10-. The number of benzene rings is 1. The molecule has 0 aliphatic rings. The molecule has 1 aromatic carbocycles. The van der Waals surface area contributed by atoms with E-state index in [0.29, 0.717) is 11.5 Å². The summed E-state index contributed by atoms with van der Waals surface area (Å²) in [5.74, 6) is 1.69. The molecule has 2 heterocycles. The highest BCUT2D eigenvalue weighted by molar-refractivity contribution is 5.76. The van der Waals surface area contributed by atoms with Gasteiger partial charge in [0.1, 0.15) is 11.5 Å². The van der Waals surface area contributed by atoms with E-state index in [9.17, 15) is 4.79 Å². The molecule has 6 nitrogen and oxygen atoms in total. The second-order valence-electron chi connectivity index (χ2n) is 4.66. The lowest BCUT2D eigenvalue weighted by Gasteiger charge is -2.03. The number of nitrogens with zero attached hydrogens (tertiary/aromatic N) is 2. The van der Waals surface area contributed by atoms with Crippen molar-refractivity contribution in [3.8, 4) is 11.3 Å². The number of hydrogen-bond acceptors (Lipinski definition) is 5. The van der Waals surface area contributed by atoms with E-state index in [1.54, 1.807) is 6.07 Å². The number of hydrogen-bond donors (Lipinski definition) is 2. The molecule has 0 radical (unpaired) electrons. The minimum atomic E-state index is -0.250. The van der Waals surface area contributed by atoms with Crippen LogP contribution in [-0.2, 0) is 0 Å². The van der Waals surface area contributed by atoms with Gasteiger partial charge in [-0.15, -0.1) is 0 Å². The number of rotatable bonds is 4. The van der Waals surface area contributed by atoms with Gasteiger partial charge < -0.3 is 4.42 Å². The molecule has 0 unspecified atom stereocenters. The van der Waals surface area contributed by atoms with Crippen LogP contribution < -0.4 is 11.0 Å². The fourth-order valence-electron chi connectivity index (χ4n) is 1.95. The Balaban J connectivity index is 1.81. The van der Waals surface area contributed by atoms with Gasteiger partial charge in [-0.05, 0) is 19.1 Å². The maximum Gasteiger partial charge on any atom is 0.252 e. The first-order chi connectivity index (χ1) is 10.7. The Labute approximate surface area is 126 Å². The van der Waals surface area contributed by atoms with Gasteiger partial charge in [-0.3, -0.25) is 9.78 Å². The predicted molar refractivity (Wildman–Crippen MR) is 85.0 cm³/mol. The van der Waals surface area contributed by atoms with E-state index in [0.717, 1.165) is 11.3 Å². The molecule has 0 aliphatic carbocycles. The van der Waals surface area contributed by atoms with E-state index in [-0.39, 0.29) is 11.5 Å². The monoisotopic (exact) mass is 294 g/mol. The van der Waals surface area contributed by atoms with Crippen LogP contribution in [-0.4, -0.2) is 16.2 Å². The number of furan rings is 1. The van der Waals surface area contributed by atoms with Crippen molar-refractivity contribution in [3.63, 3.8) is 0 Å². The zero-order valence-electron chi connectivity index (χ0n) is 11.9. The van der Waals surface area contributed by atoms with Crippen molar-refractivity contribution in [1.82, 2.24) is 9.97 Å². The van der Waals surface area contributed by atoms with Gasteiger partial charge in [0.15, 0.2) is 0 Å². The number of aryl methyl sites for hydroxylation is 1. The quantitative estimate of drug-likeness (QED) is 0.572. The first-order valence-electron chi connectivity index (χ1n) is 6.73. The van der Waals surface area contributed by atoms with Gasteiger partial charge in [-0.25, -0.2) is 10.4 Å². The molecule has 0 bridgehead atoms. The molecule has 0 saturated carbocycles. The average Bonchev–Trinajstić information content (AvgIpc) is 2.93. The third kappa shape index (κ3) is 3.29. The van der Waals surface area contributed by atoms with Crippen molar-refractivity contribution >= 4 is 12.2 Å². The highest BCUT2D eigenvalue weighted by Gasteiger charge is 2.03. The zero-order chi connectivity index (χ0) is 15.4. The molecule has 0 fully saturated rings. The maximum absolute atomic E-state index is 11.7.